The van der Waals surface area contributed by atoms with Gasteiger partial charge in [0.05, 0.1) is 5.56 Å². The van der Waals surface area contributed by atoms with Crippen LogP contribution >= 0.6 is 0 Å². The first-order valence-electron chi connectivity index (χ1n) is 7.06. The van der Waals surface area contributed by atoms with Crippen LogP contribution in [0.5, 0.6) is 0 Å². The monoisotopic (exact) mass is 263 g/mol. The molecule has 4 nitrogen and oxygen atoms in total. The van der Waals surface area contributed by atoms with E-state index in [1.807, 2.05) is 19.9 Å². The van der Waals surface area contributed by atoms with E-state index in [9.17, 15) is 4.79 Å². The fourth-order valence-electron chi connectivity index (χ4n) is 3.39. The molecule has 1 atom stereocenters. The first-order valence-corrected chi connectivity index (χ1v) is 7.06. The van der Waals surface area contributed by atoms with E-state index in [1.54, 1.807) is 0 Å². The molecular weight excluding hydrogens is 242 g/mol. The van der Waals surface area contributed by atoms with Gasteiger partial charge in [0.15, 0.2) is 0 Å². The van der Waals surface area contributed by atoms with E-state index in [1.165, 1.54) is 6.42 Å². The largest absolute Gasteiger partial charge is 0.466 e. The van der Waals surface area contributed by atoms with Crippen molar-refractivity contribution < 1.29 is 13.9 Å². The number of rotatable bonds is 2. The number of carbonyl (C=O) groups is 1. The van der Waals surface area contributed by atoms with Gasteiger partial charge >= 0.3 is 0 Å². The minimum atomic E-state index is 0.00455. The second-order valence-electron chi connectivity index (χ2n) is 5.87. The van der Waals surface area contributed by atoms with Crippen LogP contribution in [0.1, 0.15) is 47.6 Å². The van der Waals surface area contributed by atoms with E-state index in [0.29, 0.717) is 22.8 Å². The number of ether oxygens (including phenoxy) is 1. The molecule has 2 aliphatic rings. The zero-order valence-corrected chi connectivity index (χ0v) is 11.6. The number of nitrogens with one attached hydrogen (secondary N) is 1. The molecule has 2 heterocycles. The molecule has 0 unspecified atom stereocenters. The highest BCUT2D eigenvalue weighted by molar-refractivity contribution is 5.95. The Morgan fingerprint density at radius 1 is 1.32 bits per heavy atom. The van der Waals surface area contributed by atoms with Crippen molar-refractivity contribution >= 4 is 5.91 Å². The van der Waals surface area contributed by atoms with Gasteiger partial charge in [-0.3, -0.25) is 4.79 Å². The molecule has 1 aromatic heterocycles. The summed E-state index contributed by atoms with van der Waals surface area (Å²) in [5, 5.41) is 3.19. The van der Waals surface area contributed by atoms with Crippen molar-refractivity contribution in [1.29, 1.82) is 0 Å². The Morgan fingerprint density at radius 2 is 2.05 bits per heavy atom. The van der Waals surface area contributed by atoms with Crippen molar-refractivity contribution in [1.82, 2.24) is 5.32 Å². The highest BCUT2D eigenvalue weighted by Crippen LogP contribution is 2.48. The number of furan rings is 1. The molecule has 0 aromatic carbocycles. The first kappa shape index (κ1) is 12.7. The maximum Gasteiger partial charge on any atom is 0.255 e. The first-order chi connectivity index (χ1) is 9.11. The number of hydrogen-bond donors (Lipinski definition) is 1. The molecule has 2 fully saturated rings. The molecule has 1 spiro atoms. The van der Waals surface area contributed by atoms with Gasteiger partial charge in [0.25, 0.3) is 5.91 Å². The molecule has 19 heavy (non-hydrogen) atoms. The molecule has 1 saturated carbocycles. The molecule has 104 valence electrons. The van der Waals surface area contributed by atoms with Gasteiger partial charge in [-0.25, -0.2) is 0 Å². The van der Waals surface area contributed by atoms with Gasteiger partial charge in [-0.05, 0) is 51.0 Å². The highest BCUT2D eigenvalue weighted by Gasteiger charge is 2.48. The van der Waals surface area contributed by atoms with Crippen molar-refractivity contribution in [3.63, 3.8) is 0 Å². The summed E-state index contributed by atoms with van der Waals surface area (Å²) in [5.41, 5.74) is 0.965. The Bertz CT molecular complexity index is 486. The maximum absolute atomic E-state index is 12.3. The third-order valence-electron chi connectivity index (χ3n) is 4.75. The van der Waals surface area contributed by atoms with Crippen molar-refractivity contribution in [3.8, 4) is 0 Å². The molecule has 1 saturated heterocycles. The average Bonchev–Trinajstić information content (AvgIpc) is 2.74. The zero-order chi connectivity index (χ0) is 13.5. The van der Waals surface area contributed by atoms with E-state index < -0.39 is 0 Å². The predicted molar refractivity (Wildman–Crippen MR) is 71.2 cm³/mol. The van der Waals surface area contributed by atoms with Gasteiger partial charge in [0.2, 0.25) is 0 Å². The van der Waals surface area contributed by atoms with E-state index in [4.69, 9.17) is 9.15 Å². The van der Waals surface area contributed by atoms with Crippen LogP contribution in [0, 0.1) is 19.3 Å². The third-order valence-corrected chi connectivity index (χ3v) is 4.75. The second-order valence-corrected chi connectivity index (χ2v) is 5.87. The summed E-state index contributed by atoms with van der Waals surface area (Å²) >= 11 is 0. The minimum Gasteiger partial charge on any atom is -0.466 e. The summed E-state index contributed by atoms with van der Waals surface area (Å²) in [6.07, 6.45) is 4.44. The van der Waals surface area contributed by atoms with Crippen LogP contribution < -0.4 is 5.32 Å². The van der Waals surface area contributed by atoms with Gasteiger partial charge in [-0.15, -0.1) is 0 Å². The van der Waals surface area contributed by atoms with Gasteiger partial charge in [-0.1, -0.05) is 0 Å². The Morgan fingerprint density at radius 3 is 2.58 bits per heavy atom. The fourth-order valence-corrected chi connectivity index (χ4v) is 3.39. The summed E-state index contributed by atoms with van der Waals surface area (Å²) < 4.78 is 10.9. The second kappa shape index (κ2) is 4.67. The Hall–Kier alpha value is -1.29. The van der Waals surface area contributed by atoms with Crippen molar-refractivity contribution in [2.75, 3.05) is 13.2 Å². The molecule has 1 aromatic rings. The molecule has 1 amide bonds. The molecule has 1 N–H and O–H groups in total. The molecule has 1 aliphatic carbocycles. The molecule has 4 heteroatoms. The van der Waals surface area contributed by atoms with E-state index in [0.717, 1.165) is 38.2 Å². The molecule has 0 bridgehead atoms. The van der Waals surface area contributed by atoms with Gasteiger partial charge in [0.1, 0.15) is 11.5 Å². The summed E-state index contributed by atoms with van der Waals surface area (Å²) in [6.45, 7) is 5.37. The SMILES string of the molecule is Cc1cc(C(=O)N[C@H]2CCC23CCOCC3)c(C)o1. The molecule has 0 radical (unpaired) electrons. The van der Waals surface area contributed by atoms with E-state index >= 15 is 0 Å². The number of carbonyl (C=O) groups excluding carboxylic acids is 1. The Labute approximate surface area is 113 Å². The third kappa shape index (κ3) is 2.18. The lowest BCUT2D eigenvalue weighted by Crippen LogP contribution is -2.57. The smallest absolute Gasteiger partial charge is 0.255 e. The average molecular weight is 263 g/mol. The van der Waals surface area contributed by atoms with Crippen LogP contribution in [0.15, 0.2) is 10.5 Å². The summed E-state index contributed by atoms with van der Waals surface area (Å²) in [6, 6.07) is 2.12. The number of aryl methyl sites for hydroxylation is 2. The van der Waals surface area contributed by atoms with Crippen molar-refractivity contribution in [2.45, 2.75) is 45.6 Å². The lowest BCUT2D eigenvalue weighted by molar-refractivity contribution is -0.0523. The van der Waals surface area contributed by atoms with Crippen LogP contribution in [0.3, 0.4) is 0 Å². The lowest BCUT2D eigenvalue weighted by Gasteiger charge is -2.52. The Kier molecular flexibility index (Phi) is 3.13. The standard InChI is InChI=1S/C15H21NO3/c1-10-9-12(11(2)19-10)14(17)16-13-3-4-15(13)5-7-18-8-6-15/h9,13H,3-8H2,1-2H3,(H,16,17)/t13-/m0/s1. The van der Waals surface area contributed by atoms with Crippen molar-refractivity contribution in [2.24, 2.45) is 5.41 Å². The molecular formula is C15H21NO3. The van der Waals surface area contributed by atoms with Crippen LogP contribution in [0.4, 0.5) is 0 Å². The number of amides is 1. The van der Waals surface area contributed by atoms with E-state index in [-0.39, 0.29) is 5.91 Å². The van der Waals surface area contributed by atoms with Crippen molar-refractivity contribution in [3.05, 3.63) is 23.2 Å². The predicted octanol–water partition coefficient (Wildman–Crippen LogP) is 2.59. The lowest BCUT2D eigenvalue weighted by atomic mass is 9.60. The summed E-state index contributed by atoms with van der Waals surface area (Å²) in [4.78, 5) is 12.3. The maximum atomic E-state index is 12.3. The molecule has 3 rings (SSSR count). The van der Waals surface area contributed by atoms with Gasteiger partial charge in [0, 0.05) is 19.3 Å². The summed E-state index contributed by atoms with van der Waals surface area (Å²) in [5.74, 6) is 1.50. The number of hydrogen-bond acceptors (Lipinski definition) is 3. The normalized spacial score (nSPS) is 25.1. The van der Waals surface area contributed by atoms with Gasteiger partial charge < -0.3 is 14.5 Å². The quantitative estimate of drug-likeness (QED) is 0.892. The topological polar surface area (TPSA) is 51.5 Å². The minimum absolute atomic E-state index is 0.00455. The Balaban J connectivity index is 1.68. The highest BCUT2D eigenvalue weighted by atomic mass is 16.5. The van der Waals surface area contributed by atoms with E-state index in [2.05, 4.69) is 5.32 Å². The molecule has 1 aliphatic heterocycles. The zero-order valence-electron chi connectivity index (χ0n) is 11.6. The van der Waals surface area contributed by atoms with Crippen LogP contribution in [0.25, 0.3) is 0 Å². The summed E-state index contributed by atoms with van der Waals surface area (Å²) in [7, 11) is 0. The van der Waals surface area contributed by atoms with Crippen LogP contribution in [-0.2, 0) is 4.74 Å². The van der Waals surface area contributed by atoms with Crippen LogP contribution in [0.2, 0.25) is 0 Å². The van der Waals surface area contributed by atoms with Gasteiger partial charge in [-0.2, -0.15) is 0 Å². The van der Waals surface area contributed by atoms with Crippen LogP contribution in [-0.4, -0.2) is 25.2 Å². The fraction of sp³-hybridized carbons (Fsp3) is 0.667.